The van der Waals surface area contributed by atoms with Crippen LogP contribution in [0.15, 0.2) is 53.3 Å². The lowest BCUT2D eigenvalue weighted by atomic mass is 9.97. The monoisotopic (exact) mass is 347 g/mol. The van der Waals surface area contributed by atoms with Crippen LogP contribution in [0.25, 0.3) is 5.65 Å². The van der Waals surface area contributed by atoms with Crippen molar-refractivity contribution < 1.29 is 0 Å². The van der Waals surface area contributed by atoms with Gasteiger partial charge in [0.15, 0.2) is 0 Å². The lowest BCUT2D eigenvalue weighted by Gasteiger charge is -2.16. The maximum atomic E-state index is 12.4. The zero-order valence-corrected chi connectivity index (χ0v) is 15.5. The van der Waals surface area contributed by atoms with Gasteiger partial charge in [0.1, 0.15) is 5.65 Å². The minimum Gasteiger partial charge on any atom is -0.297 e. The Balaban J connectivity index is 1.50. The van der Waals surface area contributed by atoms with Gasteiger partial charge in [0.25, 0.3) is 5.56 Å². The number of aromatic nitrogens is 2. The first-order valence-corrected chi connectivity index (χ1v) is 9.43. The Labute approximate surface area is 154 Å². The van der Waals surface area contributed by atoms with Gasteiger partial charge < -0.3 is 0 Å². The van der Waals surface area contributed by atoms with Crippen molar-refractivity contribution in [2.24, 2.45) is 0 Å². The number of benzene rings is 1. The van der Waals surface area contributed by atoms with Crippen molar-refractivity contribution >= 4 is 5.65 Å². The van der Waals surface area contributed by atoms with E-state index in [1.807, 2.05) is 25.1 Å². The van der Waals surface area contributed by atoms with E-state index in [2.05, 4.69) is 36.1 Å². The third-order valence-corrected chi connectivity index (χ3v) is 5.45. The molecule has 1 fully saturated rings. The van der Waals surface area contributed by atoms with Crippen LogP contribution >= 0.6 is 0 Å². The summed E-state index contributed by atoms with van der Waals surface area (Å²) in [5.74, 6) is 0.574. The zero-order valence-electron chi connectivity index (χ0n) is 15.5. The van der Waals surface area contributed by atoms with Gasteiger partial charge in [0, 0.05) is 24.8 Å². The molecular formula is C22H25N3O. The molecule has 134 valence electrons. The number of rotatable bonds is 4. The minimum atomic E-state index is 0.00833. The van der Waals surface area contributed by atoms with Gasteiger partial charge in [-0.15, -0.1) is 0 Å². The summed E-state index contributed by atoms with van der Waals surface area (Å²) < 4.78 is 1.67. The summed E-state index contributed by atoms with van der Waals surface area (Å²) in [7, 11) is 0. The van der Waals surface area contributed by atoms with Crippen LogP contribution in [-0.4, -0.2) is 27.4 Å². The third kappa shape index (κ3) is 3.29. The molecule has 0 bridgehead atoms. The van der Waals surface area contributed by atoms with Gasteiger partial charge in [-0.2, -0.15) is 0 Å². The quantitative estimate of drug-likeness (QED) is 0.724. The molecular weight excluding hydrogens is 322 g/mol. The van der Waals surface area contributed by atoms with Crippen molar-refractivity contribution in [3.63, 3.8) is 0 Å². The summed E-state index contributed by atoms with van der Waals surface area (Å²) in [5.41, 5.74) is 5.34. The van der Waals surface area contributed by atoms with Gasteiger partial charge in [-0.1, -0.05) is 37.3 Å². The highest BCUT2D eigenvalue weighted by Gasteiger charge is 2.24. The van der Waals surface area contributed by atoms with Crippen LogP contribution in [0.4, 0.5) is 0 Å². The van der Waals surface area contributed by atoms with Crippen LogP contribution in [-0.2, 0) is 13.0 Å². The largest absolute Gasteiger partial charge is 0.297 e. The highest BCUT2D eigenvalue weighted by Crippen LogP contribution is 2.28. The maximum Gasteiger partial charge on any atom is 0.258 e. The highest BCUT2D eigenvalue weighted by molar-refractivity contribution is 5.40. The van der Waals surface area contributed by atoms with Gasteiger partial charge in [0.2, 0.25) is 0 Å². The summed E-state index contributed by atoms with van der Waals surface area (Å²) >= 11 is 0. The van der Waals surface area contributed by atoms with E-state index in [0.717, 1.165) is 49.5 Å². The predicted molar refractivity (Wildman–Crippen MR) is 105 cm³/mol. The Morgan fingerprint density at radius 1 is 1.15 bits per heavy atom. The minimum absolute atomic E-state index is 0.00833. The third-order valence-electron chi connectivity index (χ3n) is 5.45. The smallest absolute Gasteiger partial charge is 0.258 e. The second-order valence-electron chi connectivity index (χ2n) is 7.26. The fourth-order valence-electron chi connectivity index (χ4n) is 3.95. The van der Waals surface area contributed by atoms with Gasteiger partial charge in [-0.25, -0.2) is 4.98 Å². The molecule has 0 spiro atoms. The summed E-state index contributed by atoms with van der Waals surface area (Å²) in [4.78, 5) is 19.6. The van der Waals surface area contributed by atoms with Crippen molar-refractivity contribution in [3.05, 3.63) is 81.4 Å². The van der Waals surface area contributed by atoms with Gasteiger partial charge in [0.05, 0.1) is 5.69 Å². The Hall–Kier alpha value is -2.46. The molecule has 26 heavy (non-hydrogen) atoms. The molecule has 0 amide bonds. The van der Waals surface area contributed by atoms with Crippen molar-refractivity contribution in [1.82, 2.24) is 14.3 Å². The molecule has 1 atom stereocenters. The number of hydrogen-bond acceptors (Lipinski definition) is 3. The average molecular weight is 347 g/mol. The fraction of sp³-hybridized carbons (Fsp3) is 0.364. The van der Waals surface area contributed by atoms with Crippen molar-refractivity contribution in [3.8, 4) is 0 Å². The van der Waals surface area contributed by atoms with E-state index in [4.69, 9.17) is 4.98 Å². The first-order valence-electron chi connectivity index (χ1n) is 9.43. The molecule has 1 aliphatic heterocycles. The molecule has 0 aliphatic carbocycles. The Bertz CT molecular complexity index is 975. The van der Waals surface area contributed by atoms with Crippen LogP contribution in [0, 0.1) is 6.92 Å². The van der Waals surface area contributed by atoms with E-state index in [0.29, 0.717) is 5.92 Å². The molecule has 0 saturated carbocycles. The molecule has 0 N–H and O–H groups in total. The molecule has 1 aliphatic rings. The molecule has 4 nitrogen and oxygen atoms in total. The predicted octanol–water partition coefficient (Wildman–Crippen LogP) is 3.55. The Kier molecular flexibility index (Phi) is 4.60. The first kappa shape index (κ1) is 17.0. The Morgan fingerprint density at radius 3 is 2.73 bits per heavy atom. The number of likely N-dealkylation sites (tertiary alicyclic amines) is 1. The van der Waals surface area contributed by atoms with Crippen LogP contribution in [0.1, 0.15) is 41.8 Å². The number of fused-ring (bicyclic) bond motifs is 1. The van der Waals surface area contributed by atoms with E-state index >= 15 is 0 Å². The number of nitrogens with zero attached hydrogens (tertiary/aromatic N) is 3. The van der Waals surface area contributed by atoms with E-state index in [-0.39, 0.29) is 5.56 Å². The molecule has 3 aromatic rings. The van der Waals surface area contributed by atoms with Crippen LogP contribution < -0.4 is 5.56 Å². The molecule has 2 aromatic heterocycles. The van der Waals surface area contributed by atoms with E-state index in [1.165, 1.54) is 11.1 Å². The molecule has 1 saturated heterocycles. The van der Waals surface area contributed by atoms with Crippen molar-refractivity contribution in [2.45, 2.75) is 39.2 Å². The van der Waals surface area contributed by atoms with Crippen LogP contribution in [0.2, 0.25) is 0 Å². The van der Waals surface area contributed by atoms with Crippen molar-refractivity contribution in [1.29, 1.82) is 0 Å². The van der Waals surface area contributed by atoms with E-state index in [9.17, 15) is 4.79 Å². The number of pyridine rings is 1. The molecule has 3 heterocycles. The van der Waals surface area contributed by atoms with Crippen LogP contribution in [0.5, 0.6) is 0 Å². The van der Waals surface area contributed by atoms with Gasteiger partial charge >= 0.3 is 0 Å². The second kappa shape index (κ2) is 7.04. The second-order valence-corrected chi connectivity index (χ2v) is 7.26. The number of aryl methyl sites for hydroxylation is 2. The summed E-state index contributed by atoms with van der Waals surface area (Å²) in [6.45, 7) is 6.94. The van der Waals surface area contributed by atoms with Crippen LogP contribution in [0.3, 0.4) is 0 Å². The topological polar surface area (TPSA) is 37.6 Å². The standard InChI is InChI=1S/C22H25N3O/c1-3-17-7-9-18(10-8-17)19-11-12-24(14-19)15-20-13-22(26)25-16(2)5-4-6-21(25)23-20/h4-10,13,19H,3,11-12,14-15H2,1-2H3. The maximum absolute atomic E-state index is 12.4. The first-order chi connectivity index (χ1) is 12.6. The molecule has 1 aromatic carbocycles. The highest BCUT2D eigenvalue weighted by atomic mass is 16.1. The average Bonchev–Trinajstić information content (AvgIpc) is 3.10. The molecule has 0 radical (unpaired) electrons. The van der Waals surface area contributed by atoms with Gasteiger partial charge in [-0.3, -0.25) is 14.1 Å². The number of hydrogen-bond donors (Lipinski definition) is 0. The lowest BCUT2D eigenvalue weighted by molar-refractivity contribution is 0.322. The lowest BCUT2D eigenvalue weighted by Crippen LogP contribution is -2.24. The van der Waals surface area contributed by atoms with E-state index in [1.54, 1.807) is 10.5 Å². The van der Waals surface area contributed by atoms with E-state index < -0.39 is 0 Å². The fourth-order valence-corrected chi connectivity index (χ4v) is 3.95. The molecule has 1 unspecified atom stereocenters. The zero-order chi connectivity index (χ0) is 18.1. The molecule has 4 rings (SSSR count). The summed E-state index contributed by atoms with van der Waals surface area (Å²) in [6.07, 6.45) is 2.25. The Morgan fingerprint density at radius 2 is 1.96 bits per heavy atom. The normalized spacial score (nSPS) is 17.8. The van der Waals surface area contributed by atoms with Gasteiger partial charge in [-0.05, 0) is 55.5 Å². The van der Waals surface area contributed by atoms with Crippen molar-refractivity contribution in [2.75, 3.05) is 13.1 Å². The molecule has 4 heteroatoms. The summed E-state index contributed by atoms with van der Waals surface area (Å²) in [5, 5.41) is 0. The SMILES string of the molecule is CCc1ccc(C2CCN(Cc3cc(=O)n4c(C)cccc4n3)C2)cc1. The summed E-state index contributed by atoms with van der Waals surface area (Å²) in [6, 6.07) is 16.5.